The van der Waals surface area contributed by atoms with Crippen molar-refractivity contribution in [1.82, 2.24) is 10.6 Å². The van der Waals surface area contributed by atoms with Gasteiger partial charge in [-0.2, -0.15) is 0 Å². The molecule has 0 bridgehead atoms. The Balaban J connectivity index is -0.000000482. The molecule has 21 heavy (non-hydrogen) atoms. The summed E-state index contributed by atoms with van der Waals surface area (Å²) in [6, 6.07) is 0. The van der Waals surface area contributed by atoms with Gasteiger partial charge in [0, 0.05) is 12.5 Å². The van der Waals surface area contributed by atoms with E-state index in [9.17, 15) is 4.79 Å². The Bertz CT molecular complexity index is 234. The number of halogens is 1. The highest BCUT2D eigenvalue weighted by molar-refractivity contribution is 5.78. The van der Waals surface area contributed by atoms with Gasteiger partial charge in [-0.15, -0.1) is 0 Å². The number of nitrogens with zero attached hydrogens (tertiary/aromatic N) is 1. The topological polar surface area (TPSA) is 41.1 Å². The van der Waals surface area contributed by atoms with Gasteiger partial charge in [-0.25, -0.2) is 0 Å². The van der Waals surface area contributed by atoms with E-state index >= 15 is 0 Å². The third kappa shape index (κ3) is 11.0. The van der Waals surface area contributed by atoms with Gasteiger partial charge < -0.3 is 27.5 Å². The van der Waals surface area contributed by atoms with E-state index in [1.807, 2.05) is 14.0 Å². The van der Waals surface area contributed by atoms with Crippen molar-refractivity contribution in [2.75, 3.05) is 46.3 Å². The highest BCUT2D eigenvalue weighted by Gasteiger charge is 2.22. The first kappa shape index (κ1) is 28.8. The summed E-state index contributed by atoms with van der Waals surface area (Å²) in [6.07, 6.45) is 0.910. The van der Waals surface area contributed by atoms with Crippen molar-refractivity contribution in [2.24, 2.45) is 5.92 Å². The van der Waals surface area contributed by atoms with E-state index in [1.54, 1.807) is 0 Å². The Hall–Kier alpha value is -0.320. The van der Waals surface area contributed by atoms with Crippen LogP contribution in [0.3, 0.4) is 0 Å². The van der Waals surface area contributed by atoms with Gasteiger partial charge in [-0.1, -0.05) is 28.7 Å². The maximum absolute atomic E-state index is 11.7. The Labute approximate surface area is 140 Å². The number of rotatable bonds is 10. The quantitative estimate of drug-likeness (QED) is 0.532. The molecule has 4 nitrogen and oxygen atoms in total. The SMILES string of the molecule is C.C.CCC(C)C(=O)NCC[N+](CC)(CC)CCNC.[Cl-]. The van der Waals surface area contributed by atoms with Gasteiger partial charge in [-0.3, -0.25) is 4.79 Å². The highest BCUT2D eigenvalue weighted by Crippen LogP contribution is 2.05. The van der Waals surface area contributed by atoms with Crippen LogP contribution in [-0.2, 0) is 4.79 Å². The summed E-state index contributed by atoms with van der Waals surface area (Å²) in [7, 11) is 1.99. The number of carbonyl (C=O) groups excluding carboxylic acids is 1. The van der Waals surface area contributed by atoms with Crippen LogP contribution in [0.4, 0.5) is 0 Å². The molecule has 0 aromatic carbocycles. The maximum atomic E-state index is 11.7. The predicted octanol–water partition coefficient (Wildman–Crippen LogP) is -0.499. The van der Waals surface area contributed by atoms with Crippen molar-refractivity contribution < 1.29 is 21.7 Å². The van der Waals surface area contributed by atoms with Crippen molar-refractivity contribution >= 4 is 5.91 Å². The molecule has 1 atom stereocenters. The average Bonchev–Trinajstić information content (AvgIpc) is 2.41. The lowest BCUT2D eigenvalue weighted by molar-refractivity contribution is -0.922. The molecular weight excluding hydrogens is 286 g/mol. The molecule has 0 saturated carbocycles. The van der Waals surface area contributed by atoms with E-state index in [2.05, 4.69) is 31.4 Å². The molecule has 0 aliphatic carbocycles. The minimum absolute atomic E-state index is 0. The molecule has 1 unspecified atom stereocenters. The highest BCUT2D eigenvalue weighted by atomic mass is 35.5. The zero-order valence-electron chi connectivity index (χ0n) is 13.3. The maximum Gasteiger partial charge on any atom is 0.223 e. The van der Waals surface area contributed by atoms with Gasteiger partial charge >= 0.3 is 0 Å². The lowest BCUT2D eigenvalue weighted by atomic mass is 10.1. The number of quaternary nitrogens is 1. The van der Waals surface area contributed by atoms with Crippen LogP contribution in [0.1, 0.15) is 49.0 Å². The fourth-order valence-electron chi connectivity index (χ4n) is 2.09. The summed E-state index contributed by atoms with van der Waals surface area (Å²) in [5.41, 5.74) is 0. The van der Waals surface area contributed by atoms with Gasteiger partial charge in [0.2, 0.25) is 5.91 Å². The van der Waals surface area contributed by atoms with Crippen molar-refractivity contribution in [3.05, 3.63) is 0 Å². The molecule has 2 N–H and O–H groups in total. The van der Waals surface area contributed by atoms with Crippen molar-refractivity contribution in [1.29, 1.82) is 0 Å². The molecular formula is C16H40ClN3O. The summed E-state index contributed by atoms with van der Waals surface area (Å²) < 4.78 is 1.07. The second-order valence-corrected chi connectivity index (χ2v) is 5.13. The Morgan fingerprint density at radius 1 is 1.05 bits per heavy atom. The summed E-state index contributed by atoms with van der Waals surface area (Å²) in [6.45, 7) is 14.7. The van der Waals surface area contributed by atoms with Crippen LogP contribution >= 0.6 is 0 Å². The summed E-state index contributed by atoms with van der Waals surface area (Å²) in [5, 5.41) is 6.27. The molecule has 0 fully saturated rings. The molecule has 0 aromatic heterocycles. The first-order chi connectivity index (χ1) is 8.55. The van der Waals surface area contributed by atoms with Crippen LogP contribution in [0.15, 0.2) is 0 Å². The standard InChI is InChI=1S/C14H31N3O.2CH4.ClH/c1-6-13(4)14(18)16-10-12-17(7-2,8-3)11-9-15-5;;;/h13,15H,6-12H2,1-5H3;2*1H4;1H. The smallest absolute Gasteiger partial charge is 0.223 e. The summed E-state index contributed by atoms with van der Waals surface area (Å²) >= 11 is 0. The first-order valence-corrected chi connectivity index (χ1v) is 7.32. The monoisotopic (exact) mass is 325 g/mol. The van der Waals surface area contributed by atoms with Crippen LogP contribution in [0.5, 0.6) is 0 Å². The molecule has 0 aliphatic heterocycles. The third-order valence-electron chi connectivity index (χ3n) is 4.12. The van der Waals surface area contributed by atoms with Gasteiger partial charge in [0.1, 0.15) is 0 Å². The van der Waals surface area contributed by atoms with Gasteiger partial charge in [-0.05, 0) is 27.3 Å². The Morgan fingerprint density at radius 3 is 1.90 bits per heavy atom. The number of nitrogens with one attached hydrogen (secondary N) is 2. The van der Waals surface area contributed by atoms with E-state index in [-0.39, 0.29) is 39.1 Å². The zero-order valence-corrected chi connectivity index (χ0v) is 14.0. The molecule has 0 radical (unpaired) electrons. The minimum atomic E-state index is 0. The largest absolute Gasteiger partial charge is 1.00 e. The van der Waals surface area contributed by atoms with Gasteiger partial charge in [0.15, 0.2) is 0 Å². The predicted molar refractivity (Wildman–Crippen MR) is 90.9 cm³/mol. The van der Waals surface area contributed by atoms with Crippen LogP contribution in [0.2, 0.25) is 0 Å². The number of hydrogen-bond donors (Lipinski definition) is 2. The molecule has 0 heterocycles. The normalized spacial score (nSPS) is 11.5. The minimum Gasteiger partial charge on any atom is -1.00 e. The Kier molecular flexibility index (Phi) is 22.0. The van der Waals surface area contributed by atoms with E-state index in [4.69, 9.17) is 0 Å². The molecule has 1 amide bonds. The first-order valence-electron chi connectivity index (χ1n) is 7.32. The van der Waals surface area contributed by atoms with E-state index < -0.39 is 0 Å². The van der Waals surface area contributed by atoms with Gasteiger partial charge in [0.25, 0.3) is 0 Å². The van der Waals surface area contributed by atoms with E-state index in [1.165, 1.54) is 0 Å². The molecule has 5 heteroatoms. The second-order valence-electron chi connectivity index (χ2n) is 5.13. The van der Waals surface area contributed by atoms with Crippen molar-refractivity contribution in [3.63, 3.8) is 0 Å². The van der Waals surface area contributed by atoms with Crippen molar-refractivity contribution in [2.45, 2.75) is 49.0 Å². The summed E-state index contributed by atoms with van der Waals surface area (Å²) in [5.74, 6) is 0.323. The third-order valence-corrected chi connectivity index (χ3v) is 4.12. The molecule has 0 aromatic rings. The van der Waals surface area contributed by atoms with E-state index in [0.717, 1.165) is 50.2 Å². The van der Waals surface area contributed by atoms with Crippen LogP contribution in [0, 0.1) is 5.92 Å². The lowest BCUT2D eigenvalue weighted by Crippen LogP contribution is -3.00. The molecule has 132 valence electrons. The van der Waals surface area contributed by atoms with Crippen LogP contribution < -0.4 is 23.0 Å². The molecule has 0 rings (SSSR count). The molecule has 0 saturated heterocycles. The number of likely N-dealkylation sites (N-methyl/N-ethyl adjacent to an activating group) is 2. The fraction of sp³-hybridized carbons (Fsp3) is 0.938. The summed E-state index contributed by atoms with van der Waals surface area (Å²) in [4.78, 5) is 11.7. The van der Waals surface area contributed by atoms with Crippen LogP contribution in [0.25, 0.3) is 0 Å². The lowest BCUT2D eigenvalue weighted by Gasteiger charge is -2.37. The molecule has 0 spiro atoms. The average molecular weight is 326 g/mol. The second kappa shape index (κ2) is 16.1. The number of carbonyl (C=O) groups is 1. The van der Waals surface area contributed by atoms with Gasteiger partial charge in [0.05, 0.1) is 32.7 Å². The van der Waals surface area contributed by atoms with Crippen LogP contribution in [-0.4, -0.2) is 56.7 Å². The fourth-order valence-corrected chi connectivity index (χ4v) is 2.09. The zero-order chi connectivity index (χ0) is 14.0. The van der Waals surface area contributed by atoms with E-state index in [0.29, 0.717) is 0 Å². The molecule has 0 aliphatic rings. The number of amides is 1. The number of hydrogen-bond acceptors (Lipinski definition) is 2. The van der Waals surface area contributed by atoms with Crippen molar-refractivity contribution in [3.8, 4) is 0 Å². The Morgan fingerprint density at radius 2 is 1.52 bits per heavy atom.